The number of hydrazine groups is 1. The average molecular weight is 282 g/mol. The van der Waals surface area contributed by atoms with Crippen LogP contribution in [-0.4, -0.2) is 15.9 Å². The zero-order valence-corrected chi connectivity index (χ0v) is 10.9. The van der Waals surface area contributed by atoms with Gasteiger partial charge in [0.15, 0.2) is 11.6 Å². The predicted octanol–water partition coefficient (Wildman–Crippen LogP) is 1.48. The first-order chi connectivity index (χ1) is 9.08. The maximum atomic E-state index is 13.4. The molecule has 0 aliphatic carbocycles. The molecule has 2 rings (SSSR count). The smallest absolute Gasteiger partial charge is 0.318 e. The van der Waals surface area contributed by atoms with Crippen LogP contribution in [-0.2, 0) is 11.4 Å². The fourth-order valence-electron chi connectivity index (χ4n) is 1.26. The Hall–Kier alpha value is -2.06. The maximum Gasteiger partial charge on any atom is 0.318 e. The van der Waals surface area contributed by atoms with Gasteiger partial charge in [-0.25, -0.2) is 20.2 Å². The van der Waals surface area contributed by atoms with Crippen molar-refractivity contribution >= 4 is 23.1 Å². The second-order valence-electron chi connectivity index (χ2n) is 3.58. The first-order valence-corrected chi connectivity index (χ1v) is 6.19. The molecular formula is C11H11FN4O2S. The van der Waals surface area contributed by atoms with E-state index in [4.69, 9.17) is 10.6 Å². The molecule has 100 valence electrons. The fraction of sp³-hybridized carbons (Fsp3) is 0.182. The van der Waals surface area contributed by atoms with E-state index in [1.54, 1.807) is 0 Å². The molecule has 8 heteroatoms. The van der Waals surface area contributed by atoms with Crippen LogP contribution < -0.4 is 15.6 Å². The third-order valence-electron chi connectivity index (χ3n) is 2.19. The zero-order valence-electron chi connectivity index (χ0n) is 10.0. The third kappa shape index (κ3) is 3.24. The lowest BCUT2D eigenvalue weighted by molar-refractivity contribution is -0.116. The quantitative estimate of drug-likeness (QED) is 0.522. The molecule has 2 N–H and O–H groups in total. The van der Waals surface area contributed by atoms with E-state index in [9.17, 15) is 9.18 Å². The molecule has 0 aromatic carbocycles. The number of halogens is 1. The topological polar surface area (TPSA) is 81.3 Å². The highest BCUT2D eigenvalue weighted by Gasteiger charge is 2.16. The van der Waals surface area contributed by atoms with E-state index in [0.717, 1.165) is 11.1 Å². The van der Waals surface area contributed by atoms with Gasteiger partial charge in [0.1, 0.15) is 6.61 Å². The minimum absolute atomic E-state index is 0.0403. The van der Waals surface area contributed by atoms with Gasteiger partial charge in [0.25, 0.3) is 0 Å². The number of hydrogen-bond donors (Lipinski definition) is 1. The lowest BCUT2D eigenvalue weighted by Gasteiger charge is -2.14. The second kappa shape index (κ2) is 5.72. The zero-order chi connectivity index (χ0) is 13.8. The van der Waals surface area contributed by atoms with Crippen LogP contribution in [0.4, 0.5) is 10.2 Å². The maximum absolute atomic E-state index is 13.4. The minimum atomic E-state index is -0.791. The minimum Gasteiger partial charge on any atom is -0.458 e. The number of thiophene rings is 1. The summed E-state index contributed by atoms with van der Waals surface area (Å²) in [5.41, 5.74) is 0. The third-order valence-corrected chi connectivity index (χ3v) is 3.04. The van der Waals surface area contributed by atoms with Gasteiger partial charge in [-0.2, -0.15) is 4.98 Å². The van der Waals surface area contributed by atoms with Crippen molar-refractivity contribution in [3.8, 4) is 6.01 Å². The molecule has 0 spiro atoms. The summed E-state index contributed by atoms with van der Waals surface area (Å²) in [5, 5.41) is 2.52. The highest BCUT2D eigenvalue weighted by Crippen LogP contribution is 2.17. The van der Waals surface area contributed by atoms with Gasteiger partial charge in [-0.05, 0) is 11.4 Å². The molecule has 0 bridgehead atoms. The summed E-state index contributed by atoms with van der Waals surface area (Å²) < 4.78 is 18.7. The van der Waals surface area contributed by atoms with E-state index in [2.05, 4.69) is 9.97 Å². The highest BCUT2D eigenvalue weighted by atomic mass is 32.1. The molecule has 0 unspecified atom stereocenters. The van der Waals surface area contributed by atoms with Crippen LogP contribution >= 0.6 is 11.3 Å². The SMILES string of the molecule is CC(=O)N(N)c1nc(OCc2cccs2)ncc1F. The molecule has 19 heavy (non-hydrogen) atoms. The highest BCUT2D eigenvalue weighted by molar-refractivity contribution is 7.09. The molecule has 0 saturated heterocycles. The van der Waals surface area contributed by atoms with Gasteiger partial charge in [-0.3, -0.25) is 4.79 Å². The van der Waals surface area contributed by atoms with E-state index >= 15 is 0 Å². The Morgan fingerprint density at radius 2 is 2.42 bits per heavy atom. The summed E-state index contributed by atoms with van der Waals surface area (Å²) in [5.74, 6) is 3.75. The monoisotopic (exact) mass is 282 g/mol. The number of anilines is 1. The number of hydrogen-bond acceptors (Lipinski definition) is 6. The molecule has 0 radical (unpaired) electrons. The molecule has 0 fully saturated rings. The van der Waals surface area contributed by atoms with E-state index in [0.29, 0.717) is 5.01 Å². The van der Waals surface area contributed by atoms with Gasteiger partial charge in [0, 0.05) is 11.8 Å². The van der Waals surface area contributed by atoms with Gasteiger partial charge >= 0.3 is 6.01 Å². The van der Waals surface area contributed by atoms with Crippen LogP contribution in [0.1, 0.15) is 11.8 Å². The Labute approximate surface area is 112 Å². The van der Waals surface area contributed by atoms with Crippen molar-refractivity contribution in [1.29, 1.82) is 0 Å². The molecule has 6 nitrogen and oxygen atoms in total. The lowest BCUT2D eigenvalue weighted by Crippen LogP contribution is -2.37. The van der Waals surface area contributed by atoms with Gasteiger partial charge in [0.2, 0.25) is 5.91 Å². The summed E-state index contributed by atoms with van der Waals surface area (Å²) in [6.07, 6.45) is 0.912. The molecule has 0 aliphatic heterocycles. The molecule has 2 aromatic heterocycles. The normalized spacial score (nSPS) is 10.3. The van der Waals surface area contributed by atoms with Crippen molar-refractivity contribution in [2.75, 3.05) is 5.01 Å². The van der Waals surface area contributed by atoms with Crippen molar-refractivity contribution in [1.82, 2.24) is 9.97 Å². The molecule has 0 saturated carbocycles. The Morgan fingerprint density at radius 3 is 3.05 bits per heavy atom. The van der Waals surface area contributed by atoms with Crippen molar-refractivity contribution < 1.29 is 13.9 Å². The molecule has 2 aromatic rings. The molecule has 0 aliphatic rings. The van der Waals surface area contributed by atoms with Crippen molar-refractivity contribution in [3.05, 3.63) is 34.4 Å². The number of carbonyl (C=O) groups is 1. The van der Waals surface area contributed by atoms with E-state index in [1.807, 2.05) is 17.5 Å². The number of rotatable bonds is 4. The standard InChI is InChI=1S/C11H11FN4O2S/c1-7(17)16(13)10-9(12)5-14-11(15-10)18-6-8-3-2-4-19-8/h2-5H,6,13H2,1H3. The summed E-state index contributed by atoms with van der Waals surface area (Å²) in [7, 11) is 0. The number of ether oxygens (including phenoxy) is 1. The average Bonchev–Trinajstić information content (AvgIpc) is 2.90. The lowest BCUT2D eigenvalue weighted by atomic mass is 10.5. The van der Waals surface area contributed by atoms with Crippen LogP contribution in [0.2, 0.25) is 0 Å². The van der Waals surface area contributed by atoms with Crippen LogP contribution in [0.15, 0.2) is 23.7 Å². The Bertz CT molecular complexity index is 576. The fourth-order valence-corrected chi connectivity index (χ4v) is 1.88. The Kier molecular flexibility index (Phi) is 4.03. The summed E-state index contributed by atoms with van der Waals surface area (Å²) in [6, 6.07) is 3.74. The van der Waals surface area contributed by atoms with E-state index < -0.39 is 11.7 Å². The van der Waals surface area contributed by atoms with Gasteiger partial charge < -0.3 is 4.74 Å². The van der Waals surface area contributed by atoms with Crippen LogP contribution in [0, 0.1) is 5.82 Å². The molecule has 2 heterocycles. The molecular weight excluding hydrogens is 271 g/mol. The first-order valence-electron chi connectivity index (χ1n) is 5.31. The number of amides is 1. The number of aromatic nitrogens is 2. The second-order valence-corrected chi connectivity index (χ2v) is 4.61. The number of nitrogens with zero attached hydrogens (tertiary/aromatic N) is 3. The van der Waals surface area contributed by atoms with Gasteiger partial charge in [0.05, 0.1) is 6.20 Å². The molecule has 0 atom stereocenters. The van der Waals surface area contributed by atoms with Crippen molar-refractivity contribution in [2.45, 2.75) is 13.5 Å². The number of nitrogens with two attached hydrogens (primary N) is 1. The van der Waals surface area contributed by atoms with E-state index in [-0.39, 0.29) is 18.4 Å². The van der Waals surface area contributed by atoms with Crippen molar-refractivity contribution in [3.63, 3.8) is 0 Å². The van der Waals surface area contributed by atoms with Crippen LogP contribution in [0.25, 0.3) is 0 Å². The van der Waals surface area contributed by atoms with Gasteiger partial charge in [-0.1, -0.05) is 6.07 Å². The van der Waals surface area contributed by atoms with Crippen LogP contribution in [0.5, 0.6) is 6.01 Å². The largest absolute Gasteiger partial charge is 0.458 e. The summed E-state index contributed by atoms with van der Waals surface area (Å²) >= 11 is 1.52. The van der Waals surface area contributed by atoms with Crippen molar-refractivity contribution in [2.24, 2.45) is 5.84 Å². The molecule has 1 amide bonds. The summed E-state index contributed by atoms with van der Waals surface area (Å²) in [6.45, 7) is 1.47. The summed E-state index contributed by atoms with van der Waals surface area (Å²) in [4.78, 5) is 19.5. The predicted molar refractivity (Wildman–Crippen MR) is 68.0 cm³/mol. The Balaban J connectivity index is 2.14. The van der Waals surface area contributed by atoms with Crippen LogP contribution in [0.3, 0.4) is 0 Å². The first kappa shape index (κ1) is 13.4. The van der Waals surface area contributed by atoms with E-state index in [1.165, 1.54) is 18.3 Å². The van der Waals surface area contributed by atoms with Gasteiger partial charge in [-0.15, -0.1) is 11.3 Å². The Morgan fingerprint density at radius 1 is 1.63 bits per heavy atom. The number of carbonyl (C=O) groups excluding carboxylic acids is 1.